The Kier molecular flexibility index (Phi) is 4.43. The third-order valence-electron chi connectivity index (χ3n) is 4.51. The minimum atomic E-state index is -0.0219. The van der Waals surface area contributed by atoms with E-state index in [0.29, 0.717) is 29.2 Å². The lowest BCUT2D eigenvalue weighted by Gasteiger charge is -2.32. The molecule has 5 nitrogen and oxygen atoms in total. The van der Waals surface area contributed by atoms with Crippen LogP contribution in [0.2, 0.25) is 0 Å². The molecule has 5 heteroatoms. The van der Waals surface area contributed by atoms with Crippen LogP contribution in [0.5, 0.6) is 5.75 Å². The quantitative estimate of drug-likeness (QED) is 0.869. The molecule has 0 radical (unpaired) electrons. The summed E-state index contributed by atoms with van der Waals surface area (Å²) in [7, 11) is 1.59. The number of piperidine rings is 1. The number of rotatable bonds is 4. The van der Waals surface area contributed by atoms with Crippen LogP contribution < -0.4 is 10.3 Å². The Labute approximate surface area is 130 Å². The van der Waals surface area contributed by atoms with Crippen molar-refractivity contribution in [3.8, 4) is 5.75 Å². The van der Waals surface area contributed by atoms with Crippen LogP contribution in [0.25, 0.3) is 10.9 Å². The fourth-order valence-electron chi connectivity index (χ4n) is 3.23. The average molecular weight is 301 g/mol. The van der Waals surface area contributed by atoms with Gasteiger partial charge in [-0.15, -0.1) is 0 Å². The minimum absolute atomic E-state index is 0.0219. The number of likely N-dealkylation sites (tertiary alicyclic amines) is 1. The average Bonchev–Trinajstić information content (AvgIpc) is 2.57. The second-order valence-corrected chi connectivity index (χ2v) is 6.00. The molecule has 2 heterocycles. The molecule has 118 valence electrons. The van der Waals surface area contributed by atoms with Gasteiger partial charge in [-0.25, -0.2) is 4.98 Å². The zero-order valence-corrected chi connectivity index (χ0v) is 13.3. The molecule has 1 atom stereocenters. The SMILES string of the molecule is COc1cccc2ncn(CC(C)N3CCCCC3)c(=O)c12. The van der Waals surface area contributed by atoms with Crippen LogP contribution in [0.1, 0.15) is 26.2 Å². The first-order chi connectivity index (χ1) is 10.7. The predicted molar refractivity (Wildman–Crippen MR) is 87.4 cm³/mol. The first kappa shape index (κ1) is 15.0. The molecule has 0 aliphatic carbocycles. The molecular weight excluding hydrogens is 278 g/mol. The molecule has 3 rings (SSSR count). The van der Waals surface area contributed by atoms with E-state index < -0.39 is 0 Å². The van der Waals surface area contributed by atoms with Gasteiger partial charge >= 0.3 is 0 Å². The van der Waals surface area contributed by atoms with Crippen molar-refractivity contribution < 1.29 is 4.74 Å². The van der Waals surface area contributed by atoms with Crippen LogP contribution >= 0.6 is 0 Å². The van der Waals surface area contributed by atoms with Gasteiger partial charge in [0, 0.05) is 12.6 Å². The summed E-state index contributed by atoms with van der Waals surface area (Å²) in [6.07, 6.45) is 5.48. The second-order valence-electron chi connectivity index (χ2n) is 6.00. The van der Waals surface area contributed by atoms with E-state index in [1.807, 2.05) is 18.2 Å². The van der Waals surface area contributed by atoms with Gasteiger partial charge in [-0.1, -0.05) is 12.5 Å². The first-order valence-corrected chi connectivity index (χ1v) is 7.97. The molecule has 1 aliphatic rings. The normalized spacial score (nSPS) is 17.5. The maximum Gasteiger partial charge on any atom is 0.265 e. The van der Waals surface area contributed by atoms with Gasteiger partial charge in [0.15, 0.2) is 0 Å². The number of fused-ring (bicyclic) bond motifs is 1. The van der Waals surface area contributed by atoms with Crippen molar-refractivity contribution in [3.05, 3.63) is 34.9 Å². The second kappa shape index (κ2) is 6.48. The van der Waals surface area contributed by atoms with Gasteiger partial charge in [-0.05, 0) is 45.0 Å². The van der Waals surface area contributed by atoms with E-state index >= 15 is 0 Å². The zero-order chi connectivity index (χ0) is 15.5. The highest BCUT2D eigenvalue weighted by atomic mass is 16.5. The fraction of sp³-hybridized carbons (Fsp3) is 0.529. The molecule has 1 fully saturated rings. The maximum absolute atomic E-state index is 12.8. The van der Waals surface area contributed by atoms with Crippen molar-refractivity contribution in [3.63, 3.8) is 0 Å². The molecule has 22 heavy (non-hydrogen) atoms. The Balaban J connectivity index is 1.91. The number of hydrogen-bond acceptors (Lipinski definition) is 4. The van der Waals surface area contributed by atoms with E-state index in [4.69, 9.17) is 4.74 Å². The van der Waals surface area contributed by atoms with Crippen LogP contribution in [0.15, 0.2) is 29.3 Å². The topological polar surface area (TPSA) is 47.4 Å². The number of hydrogen-bond donors (Lipinski definition) is 0. The van der Waals surface area contributed by atoms with Crippen LogP contribution in [0.4, 0.5) is 0 Å². The van der Waals surface area contributed by atoms with E-state index in [9.17, 15) is 4.79 Å². The predicted octanol–water partition coefficient (Wildman–Crippen LogP) is 2.28. The van der Waals surface area contributed by atoms with Crippen LogP contribution in [-0.2, 0) is 6.54 Å². The lowest BCUT2D eigenvalue weighted by Crippen LogP contribution is -2.41. The van der Waals surface area contributed by atoms with Gasteiger partial charge in [0.2, 0.25) is 0 Å². The van der Waals surface area contributed by atoms with Gasteiger partial charge in [0.25, 0.3) is 5.56 Å². The van der Waals surface area contributed by atoms with E-state index in [-0.39, 0.29) is 5.56 Å². The third kappa shape index (κ3) is 2.86. The summed E-state index contributed by atoms with van der Waals surface area (Å²) in [6, 6.07) is 5.85. The van der Waals surface area contributed by atoms with E-state index in [1.54, 1.807) is 18.0 Å². The van der Waals surface area contributed by atoms with E-state index in [2.05, 4.69) is 16.8 Å². The standard InChI is InChI=1S/C17H23N3O2/c1-13(19-9-4-3-5-10-19)11-20-12-18-14-7-6-8-15(22-2)16(14)17(20)21/h6-8,12-13H,3-5,9-11H2,1-2H3. The number of aromatic nitrogens is 2. The smallest absolute Gasteiger partial charge is 0.265 e. The van der Waals surface area contributed by atoms with Gasteiger partial charge in [0.05, 0.1) is 19.0 Å². The Morgan fingerprint density at radius 3 is 2.77 bits per heavy atom. The Bertz CT molecular complexity index is 705. The third-order valence-corrected chi connectivity index (χ3v) is 4.51. The molecule has 1 aromatic heterocycles. The van der Waals surface area contributed by atoms with Gasteiger partial charge < -0.3 is 4.74 Å². The Morgan fingerprint density at radius 1 is 1.27 bits per heavy atom. The van der Waals surface area contributed by atoms with E-state index in [0.717, 1.165) is 13.1 Å². The summed E-state index contributed by atoms with van der Waals surface area (Å²) < 4.78 is 7.03. The zero-order valence-electron chi connectivity index (χ0n) is 13.3. The molecule has 0 bridgehead atoms. The number of ether oxygens (including phenoxy) is 1. The maximum atomic E-state index is 12.8. The van der Waals surface area contributed by atoms with Crippen molar-refractivity contribution in [1.82, 2.24) is 14.5 Å². The summed E-state index contributed by atoms with van der Waals surface area (Å²) >= 11 is 0. The number of benzene rings is 1. The number of methoxy groups -OCH3 is 1. The van der Waals surface area contributed by atoms with Gasteiger partial charge in [-0.2, -0.15) is 0 Å². The highest BCUT2D eigenvalue weighted by molar-refractivity contribution is 5.83. The summed E-state index contributed by atoms with van der Waals surface area (Å²) in [5.41, 5.74) is 0.664. The number of nitrogens with zero attached hydrogens (tertiary/aromatic N) is 3. The summed E-state index contributed by atoms with van der Waals surface area (Å²) in [5, 5.41) is 0.568. The largest absolute Gasteiger partial charge is 0.496 e. The molecule has 0 saturated carbocycles. The van der Waals surface area contributed by atoms with Crippen molar-refractivity contribution in [1.29, 1.82) is 0 Å². The van der Waals surface area contributed by atoms with Crippen LogP contribution in [0.3, 0.4) is 0 Å². The molecule has 1 aliphatic heterocycles. The van der Waals surface area contributed by atoms with Crippen molar-refractivity contribution in [2.24, 2.45) is 0 Å². The molecule has 0 spiro atoms. The molecule has 2 aromatic rings. The highest BCUT2D eigenvalue weighted by Gasteiger charge is 2.18. The van der Waals surface area contributed by atoms with Crippen LogP contribution in [0, 0.1) is 0 Å². The minimum Gasteiger partial charge on any atom is -0.496 e. The van der Waals surface area contributed by atoms with E-state index in [1.165, 1.54) is 19.3 Å². The fourth-order valence-corrected chi connectivity index (χ4v) is 3.23. The Hall–Kier alpha value is -1.88. The molecule has 1 unspecified atom stereocenters. The molecule has 0 amide bonds. The molecular formula is C17H23N3O2. The highest BCUT2D eigenvalue weighted by Crippen LogP contribution is 2.20. The van der Waals surface area contributed by atoms with Crippen LogP contribution in [-0.4, -0.2) is 40.7 Å². The summed E-state index contributed by atoms with van der Waals surface area (Å²) in [6.45, 7) is 5.10. The Morgan fingerprint density at radius 2 is 2.05 bits per heavy atom. The van der Waals surface area contributed by atoms with Gasteiger partial charge in [0.1, 0.15) is 11.1 Å². The van der Waals surface area contributed by atoms with Gasteiger partial charge in [-0.3, -0.25) is 14.3 Å². The lowest BCUT2D eigenvalue weighted by molar-refractivity contribution is 0.158. The van der Waals surface area contributed by atoms with Crippen molar-refractivity contribution in [2.75, 3.05) is 20.2 Å². The first-order valence-electron chi connectivity index (χ1n) is 7.97. The monoisotopic (exact) mass is 301 g/mol. The molecule has 1 saturated heterocycles. The molecule has 1 aromatic carbocycles. The van der Waals surface area contributed by atoms with Crippen molar-refractivity contribution >= 4 is 10.9 Å². The summed E-state index contributed by atoms with van der Waals surface area (Å²) in [5.74, 6) is 0.593. The molecule has 0 N–H and O–H groups in total. The lowest BCUT2D eigenvalue weighted by atomic mass is 10.1. The van der Waals surface area contributed by atoms with Crippen molar-refractivity contribution in [2.45, 2.75) is 38.8 Å². The summed E-state index contributed by atoms with van der Waals surface area (Å²) in [4.78, 5) is 19.6.